The monoisotopic (exact) mass is 225 g/mol. The molecule has 4 atom stereocenters. The summed E-state index contributed by atoms with van der Waals surface area (Å²) in [5, 5.41) is 1.39. The van der Waals surface area contributed by atoms with Crippen LogP contribution in [-0.2, 0) is 9.63 Å². The topological polar surface area (TPSA) is 29.5 Å². The van der Waals surface area contributed by atoms with Crippen molar-refractivity contribution in [3.05, 3.63) is 0 Å². The molecule has 3 fully saturated rings. The van der Waals surface area contributed by atoms with Crippen LogP contribution in [0.25, 0.3) is 0 Å². The predicted octanol–water partition coefficient (Wildman–Crippen LogP) is 2.32. The molecule has 0 heterocycles. The van der Waals surface area contributed by atoms with Crippen LogP contribution in [-0.4, -0.2) is 25.1 Å². The van der Waals surface area contributed by atoms with E-state index >= 15 is 0 Å². The van der Waals surface area contributed by atoms with Crippen LogP contribution < -0.4 is 0 Å². The molecule has 3 rings (SSSR count). The first kappa shape index (κ1) is 11.9. The zero-order chi connectivity index (χ0) is 12.1. The lowest BCUT2D eigenvalue weighted by atomic mass is 9.43. The second-order valence-electron chi connectivity index (χ2n) is 6.08. The number of hydrogen-bond acceptors (Lipinski definition) is 2. The van der Waals surface area contributed by atoms with E-state index in [2.05, 4.69) is 20.8 Å². The second-order valence-corrected chi connectivity index (χ2v) is 6.08. The smallest absolute Gasteiger partial charge is 0.249 e. The maximum atomic E-state index is 12.1. The van der Waals surface area contributed by atoms with Gasteiger partial charge in [-0.1, -0.05) is 20.8 Å². The van der Waals surface area contributed by atoms with E-state index in [1.165, 1.54) is 11.5 Å². The molecule has 0 aliphatic heterocycles. The third-order valence-corrected chi connectivity index (χ3v) is 5.26. The Bertz CT molecular complexity index is 300. The van der Waals surface area contributed by atoms with E-state index in [1.54, 1.807) is 14.2 Å². The fourth-order valence-corrected chi connectivity index (χ4v) is 3.80. The summed E-state index contributed by atoms with van der Waals surface area (Å²) in [5.74, 6) is 2.25. The van der Waals surface area contributed by atoms with Gasteiger partial charge >= 0.3 is 0 Å². The van der Waals surface area contributed by atoms with Crippen molar-refractivity contribution in [2.45, 2.75) is 33.6 Å². The molecule has 3 nitrogen and oxygen atoms in total. The SMILES string of the molecule is CON(C)C(=O)[C@@H]1C[C@@H]2C[C@H]([C@H]1C)C2(C)C. The van der Waals surface area contributed by atoms with Gasteiger partial charge in [0.15, 0.2) is 0 Å². The molecular formula is C13H23NO2. The molecule has 0 aromatic rings. The summed E-state index contributed by atoms with van der Waals surface area (Å²) in [7, 11) is 3.26. The summed E-state index contributed by atoms with van der Waals surface area (Å²) in [6.07, 6.45) is 2.35. The molecule has 3 aliphatic rings. The van der Waals surface area contributed by atoms with Gasteiger partial charge in [-0.2, -0.15) is 0 Å². The first-order valence-corrected chi connectivity index (χ1v) is 6.21. The second kappa shape index (κ2) is 3.73. The summed E-state index contributed by atoms with van der Waals surface area (Å²) in [4.78, 5) is 17.1. The fourth-order valence-electron chi connectivity index (χ4n) is 3.80. The summed E-state index contributed by atoms with van der Waals surface area (Å²) >= 11 is 0. The van der Waals surface area contributed by atoms with Gasteiger partial charge in [0.05, 0.1) is 7.11 Å². The lowest BCUT2D eigenvalue weighted by Crippen LogP contribution is -2.57. The lowest BCUT2D eigenvalue weighted by Gasteiger charge is -2.61. The first-order chi connectivity index (χ1) is 7.39. The Kier molecular flexibility index (Phi) is 2.77. The van der Waals surface area contributed by atoms with Crippen molar-refractivity contribution in [2.75, 3.05) is 14.2 Å². The lowest BCUT2D eigenvalue weighted by molar-refractivity contribution is -0.191. The highest BCUT2D eigenvalue weighted by Gasteiger charge is 2.57. The molecule has 0 aromatic heterocycles. The zero-order valence-corrected chi connectivity index (χ0v) is 11.0. The Morgan fingerprint density at radius 2 is 2.00 bits per heavy atom. The highest BCUT2D eigenvalue weighted by atomic mass is 16.7. The van der Waals surface area contributed by atoms with Gasteiger partial charge in [-0.05, 0) is 36.0 Å². The summed E-state index contributed by atoms with van der Waals surface area (Å²) in [6.45, 7) is 6.93. The molecule has 0 spiro atoms. The zero-order valence-electron chi connectivity index (χ0n) is 11.0. The highest BCUT2D eigenvalue weighted by molar-refractivity contribution is 5.78. The quantitative estimate of drug-likeness (QED) is 0.675. The Morgan fingerprint density at radius 3 is 2.44 bits per heavy atom. The average molecular weight is 225 g/mol. The van der Waals surface area contributed by atoms with Crippen LogP contribution in [0.4, 0.5) is 0 Å². The van der Waals surface area contributed by atoms with Gasteiger partial charge in [-0.15, -0.1) is 0 Å². The third kappa shape index (κ3) is 1.48. The van der Waals surface area contributed by atoms with Gasteiger partial charge < -0.3 is 0 Å². The van der Waals surface area contributed by atoms with Gasteiger partial charge in [-0.25, -0.2) is 5.06 Å². The van der Waals surface area contributed by atoms with E-state index in [0.717, 1.165) is 12.3 Å². The normalized spacial score (nSPS) is 40.1. The van der Waals surface area contributed by atoms with Crippen molar-refractivity contribution < 1.29 is 9.63 Å². The highest BCUT2D eigenvalue weighted by Crippen LogP contribution is 2.63. The summed E-state index contributed by atoms with van der Waals surface area (Å²) < 4.78 is 0. The predicted molar refractivity (Wildman–Crippen MR) is 62.4 cm³/mol. The number of carbonyl (C=O) groups is 1. The van der Waals surface area contributed by atoms with Crippen molar-refractivity contribution in [3.8, 4) is 0 Å². The Hall–Kier alpha value is -0.570. The van der Waals surface area contributed by atoms with Crippen molar-refractivity contribution in [2.24, 2.45) is 29.1 Å². The van der Waals surface area contributed by atoms with Gasteiger partial charge in [0.1, 0.15) is 0 Å². The first-order valence-electron chi connectivity index (χ1n) is 6.21. The van der Waals surface area contributed by atoms with E-state index in [9.17, 15) is 4.79 Å². The van der Waals surface area contributed by atoms with Crippen LogP contribution in [0.1, 0.15) is 33.6 Å². The number of hydroxylamine groups is 2. The van der Waals surface area contributed by atoms with Crippen molar-refractivity contribution in [3.63, 3.8) is 0 Å². The van der Waals surface area contributed by atoms with Gasteiger partial charge in [0.2, 0.25) is 5.91 Å². The molecule has 3 saturated carbocycles. The molecule has 16 heavy (non-hydrogen) atoms. The van der Waals surface area contributed by atoms with Gasteiger partial charge in [-0.3, -0.25) is 9.63 Å². The minimum Gasteiger partial charge on any atom is -0.275 e. The van der Waals surface area contributed by atoms with E-state index in [1.807, 2.05) is 0 Å². The molecule has 0 aromatic carbocycles. The van der Waals surface area contributed by atoms with Crippen LogP contribution in [0.3, 0.4) is 0 Å². The molecule has 1 amide bonds. The van der Waals surface area contributed by atoms with Gasteiger partial charge in [0, 0.05) is 13.0 Å². The largest absolute Gasteiger partial charge is 0.275 e. The maximum Gasteiger partial charge on any atom is 0.249 e. The summed E-state index contributed by atoms with van der Waals surface area (Å²) in [6, 6.07) is 0. The molecule has 0 unspecified atom stereocenters. The van der Waals surface area contributed by atoms with Gasteiger partial charge in [0.25, 0.3) is 0 Å². The van der Waals surface area contributed by atoms with Crippen LogP contribution >= 0.6 is 0 Å². The van der Waals surface area contributed by atoms with Crippen LogP contribution in [0.5, 0.6) is 0 Å². The maximum absolute atomic E-state index is 12.1. The van der Waals surface area contributed by atoms with Crippen molar-refractivity contribution in [1.29, 1.82) is 0 Å². The van der Waals surface area contributed by atoms with E-state index in [-0.39, 0.29) is 11.8 Å². The Morgan fingerprint density at radius 1 is 1.38 bits per heavy atom. The molecule has 0 saturated heterocycles. The third-order valence-electron chi connectivity index (χ3n) is 5.26. The Balaban J connectivity index is 2.08. The number of amides is 1. The number of nitrogens with zero attached hydrogens (tertiary/aromatic N) is 1. The number of rotatable bonds is 2. The van der Waals surface area contributed by atoms with Crippen LogP contribution in [0, 0.1) is 29.1 Å². The molecule has 2 bridgehead atoms. The van der Waals surface area contributed by atoms with Crippen molar-refractivity contribution >= 4 is 5.91 Å². The minimum absolute atomic E-state index is 0.153. The van der Waals surface area contributed by atoms with Crippen LogP contribution in [0.2, 0.25) is 0 Å². The van der Waals surface area contributed by atoms with Crippen molar-refractivity contribution in [1.82, 2.24) is 5.06 Å². The number of hydrogen-bond donors (Lipinski definition) is 0. The van der Waals surface area contributed by atoms with E-state index in [4.69, 9.17) is 4.84 Å². The molecule has 3 heteroatoms. The molecule has 0 N–H and O–H groups in total. The fraction of sp³-hybridized carbons (Fsp3) is 0.923. The summed E-state index contributed by atoms with van der Waals surface area (Å²) in [5.41, 5.74) is 0.446. The average Bonchev–Trinajstić information content (AvgIpc) is 2.26. The molecule has 0 radical (unpaired) electrons. The molecular weight excluding hydrogens is 202 g/mol. The standard InChI is InChI=1S/C13H23NO2/c1-8-10(12(15)14(4)16-5)6-9-7-11(8)13(9,2)3/h8-11H,6-7H2,1-5H3/t8-,9+,10+,11+/m0/s1. The van der Waals surface area contributed by atoms with E-state index in [0.29, 0.717) is 17.3 Å². The number of fused-ring (bicyclic) bond motifs is 2. The van der Waals surface area contributed by atoms with E-state index < -0.39 is 0 Å². The number of carbonyl (C=O) groups excluding carboxylic acids is 1. The van der Waals surface area contributed by atoms with Crippen LogP contribution in [0.15, 0.2) is 0 Å². The Labute approximate surface area is 98.1 Å². The molecule has 3 aliphatic carbocycles. The minimum atomic E-state index is 0.153. The molecule has 92 valence electrons.